The molecular formula is C31H39IN2. The molecule has 2 aliphatic heterocycles. The van der Waals surface area contributed by atoms with Crippen LogP contribution in [0.25, 0.3) is 6.08 Å². The Balaban J connectivity index is 0.00000241. The van der Waals surface area contributed by atoms with E-state index in [1.54, 1.807) is 16.8 Å². The normalized spacial score (nSPS) is 24.5. The number of fused-ring (bicyclic) bond motifs is 5. The predicted octanol–water partition coefficient (Wildman–Crippen LogP) is 4.51. The zero-order chi connectivity index (χ0) is 22.6. The molecule has 2 atom stereocenters. The van der Waals surface area contributed by atoms with Gasteiger partial charge in [0.25, 0.3) is 0 Å². The van der Waals surface area contributed by atoms with Gasteiger partial charge in [-0.1, -0.05) is 43.4 Å². The van der Waals surface area contributed by atoms with E-state index in [-0.39, 0.29) is 29.4 Å². The summed E-state index contributed by atoms with van der Waals surface area (Å²) in [5.74, 6) is 0.747. The van der Waals surface area contributed by atoms with Crippen LogP contribution in [-0.2, 0) is 5.41 Å². The van der Waals surface area contributed by atoms with Gasteiger partial charge in [0.2, 0.25) is 5.69 Å². The lowest BCUT2D eigenvalue weighted by molar-refractivity contribution is -0.433. The second kappa shape index (κ2) is 9.44. The Morgan fingerprint density at radius 1 is 0.971 bits per heavy atom. The fraction of sp³-hybridized carbons (Fsp3) is 0.516. The molecule has 0 amide bonds. The van der Waals surface area contributed by atoms with Gasteiger partial charge < -0.3 is 28.9 Å². The highest BCUT2D eigenvalue weighted by Gasteiger charge is 2.51. The summed E-state index contributed by atoms with van der Waals surface area (Å²) in [5, 5.41) is 0. The molecule has 1 spiro atoms. The molecule has 3 heteroatoms. The van der Waals surface area contributed by atoms with Crippen molar-refractivity contribution in [3.8, 4) is 0 Å². The molecule has 2 saturated carbocycles. The fourth-order valence-corrected chi connectivity index (χ4v) is 7.74. The molecule has 0 aromatic heterocycles. The van der Waals surface area contributed by atoms with Crippen molar-refractivity contribution >= 4 is 23.2 Å². The number of rotatable bonds is 4. The number of benzene rings is 2. The second-order valence-electron chi connectivity index (χ2n) is 10.8. The lowest BCUT2D eigenvalue weighted by Gasteiger charge is -2.31. The molecule has 2 nitrogen and oxygen atoms in total. The Hall–Kier alpha value is -1.62. The zero-order valence-corrected chi connectivity index (χ0v) is 23.3. The number of hydrogen-bond donors (Lipinski definition) is 0. The summed E-state index contributed by atoms with van der Waals surface area (Å²) in [6.07, 6.45) is 15.7. The van der Waals surface area contributed by atoms with Crippen LogP contribution in [0.5, 0.6) is 0 Å². The van der Waals surface area contributed by atoms with Gasteiger partial charge in [0.1, 0.15) is 6.54 Å². The Morgan fingerprint density at radius 2 is 1.79 bits per heavy atom. The molecule has 2 aromatic carbocycles. The van der Waals surface area contributed by atoms with Crippen LogP contribution < -0.4 is 28.9 Å². The molecule has 2 aromatic rings. The van der Waals surface area contributed by atoms with Crippen molar-refractivity contribution in [2.75, 3.05) is 18.0 Å². The van der Waals surface area contributed by atoms with Gasteiger partial charge in [-0.2, -0.15) is 4.58 Å². The van der Waals surface area contributed by atoms with E-state index in [1.165, 1.54) is 73.9 Å². The predicted molar refractivity (Wildman–Crippen MR) is 140 cm³/mol. The fourth-order valence-electron chi connectivity index (χ4n) is 7.74. The van der Waals surface area contributed by atoms with Crippen molar-refractivity contribution in [2.45, 2.75) is 89.5 Å². The van der Waals surface area contributed by atoms with Crippen LogP contribution in [0.2, 0.25) is 0 Å². The molecule has 4 aliphatic rings. The first-order chi connectivity index (χ1) is 16.2. The number of aryl methyl sites for hydroxylation is 1. The number of anilines is 1. The maximum Gasteiger partial charge on any atom is 0.209 e. The average Bonchev–Trinajstić information content (AvgIpc) is 3.49. The average molecular weight is 567 g/mol. The van der Waals surface area contributed by atoms with Crippen molar-refractivity contribution in [3.63, 3.8) is 0 Å². The molecule has 6 rings (SSSR count). The van der Waals surface area contributed by atoms with Crippen LogP contribution in [0.1, 0.15) is 93.4 Å². The molecule has 0 saturated heterocycles. The minimum absolute atomic E-state index is 0. The van der Waals surface area contributed by atoms with Crippen LogP contribution in [-0.4, -0.2) is 29.4 Å². The van der Waals surface area contributed by atoms with Crippen LogP contribution in [0.3, 0.4) is 0 Å². The summed E-state index contributed by atoms with van der Waals surface area (Å²) < 4.78 is 2.61. The van der Waals surface area contributed by atoms with E-state index in [4.69, 9.17) is 0 Å². The first kappa shape index (κ1) is 24.1. The Labute approximate surface area is 223 Å². The van der Waals surface area contributed by atoms with Crippen LogP contribution in [0.4, 0.5) is 11.4 Å². The molecule has 180 valence electrons. The van der Waals surface area contributed by atoms with E-state index in [0.717, 1.165) is 25.0 Å². The van der Waals surface area contributed by atoms with Gasteiger partial charge in [0, 0.05) is 41.9 Å². The van der Waals surface area contributed by atoms with Crippen LogP contribution >= 0.6 is 0 Å². The van der Waals surface area contributed by atoms with Crippen LogP contribution in [0, 0.1) is 6.92 Å². The standard InChI is InChI=1S/C31H39N2.HI/c1-4-32-27-11-9-10-24(27)25-21-23(13-16-28(25)32)14-17-30-31(18-7-6-8-19-31)26-20-22(3)12-15-29(26)33(30)5-2;/h12-17,20-21,24,27H,4-11,18-19H2,1-3H3;1H/q+1;/p-1. The monoisotopic (exact) mass is 566 g/mol. The summed E-state index contributed by atoms with van der Waals surface area (Å²) in [6, 6.07) is 15.2. The lowest BCUT2D eigenvalue weighted by atomic mass is 9.67. The van der Waals surface area contributed by atoms with E-state index in [1.807, 2.05) is 0 Å². The first-order valence-corrected chi connectivity index (χ1v) is 13.5. The molecule has 2 heterocycles. The Kier molecular flexibility index (Phi) is 6.69. The number of hydrogen-bond acceptors (Lipinski definition) is 1. The Morgan fingerprint density at radius 3 is 2.56 bits per heavy atom. The SMILES string of the molecule is CCN1c2ccc(/C=C/C3=[N+](CC)c4ccc(C)cc4C34CCCCC4)cc2C2CCCC21.[I-]. The molecule has 34 heavy (non-hydrogen) atoms. The van der Waals surface area contributed by atoms with E-state index < -0.39 is 0 Å². The van der Waals surface area contributed by atoms with E-state index in [0.29, 0.717) is 0 Å². The molecule has 2 unspecified atom stereocenters. The van der Waals surface area contributed by atoms with E-state index in [9.17, 15) is 0 Å². The number of halogens is 1. The minimum Gasteiger partial charge on any atom is -1.00 e. The maximum absolute atomic E-state index is 2.67. The van der Waals surface area contributed by atoms with Crippen molar-refractivity contribution in [3.05, 3.63) is 64.7 Å². The van der Waals surface area contributed by atoms with Gasteiger partial charge in [-0.3, -0.25) is 0 Å². The summed E-state index contributed by atoms with van der Waals surface area (Å²) in [6.45, 7) is 9.05. The van der Waals surface area contributed by atoms with Gasteiger partial charge in [-0.25, -0.2) is 0 Å². The first-order valence-electron chi connectivity index (χ1n) is 13.5. The van der Waals surface area contributed by atoms with E-state index in [2.05, 4.69) is 78.8 Å². The van der Waals surface area contributed by atoms with Gasteiger partial charge in [-0.05, 0) is 81.9 Å². The lowest BCUT2D eigenvalue weighted by Crippen LogP contribution is -3.00. The number of likely N-dealkylation sites (N-methyl/N-ethyl adjacent to an activating group) is 1. The van der Waals surface area contributed by atoms with Crippen molar-refractivity contribution in [1.82, 2.24) is 0 Å². The van der Waals surface area contributed by atoms with Gasteiger partial charge in [0.15, 0.2) is 5.71 Å². The summed E-state index contributed by atoms with van der Waals surface area (Å²) in [4.78, 5) is 2.67. The molecule has 2 fully saturated rings. The molecular weight excluding hydrogens is 527 g/mol. The second-order valence-corrected chi connectivity index (χ2v) is 10.8. The zero-order valence-electron chi connectivity index (χ0n) is 21.1. The summed E-state index contributed by atoms with van der Waals surface area (Å²) in [5.41, 5.74) is 10.7. The maximum atomic E-state index is 2.67. The largest absolute Gasteiger partial charge is 1.00 e. The molecule has 0 bridgehead atoms. The topological polar surface area (TPSA) is 6.25 Å². The quantitative estimate of drug-likeness (QED) is 0.390. The van der Waals surface area contributed by atoms with Gasteiger partial charge in [0.05, 0.1) is 5.41 Å². The molecule has 2 aliphatic carbocycles. The third kappa shape index (κ3) is 3.60. The van der Waals surface area contributed by atoms with Crippen molar-refractivity contribution in [1.29, 1.82) is 0 Å². The van der Waals surface area contributed by atoms with Crippen molar-refractivity contribution in [2.24, 2.45) is 0 Å². The van der Waals surface area contributed by atoms with Crippen molar-refractivity contribution < 1.29 is 28.6 Å². The third-order valence-corrected chi connectivity index (χ3v) is 9.18. The smallest absolute Gasteiger partial charge is 0.209 e. The van der Waals surface area contributed by atoms with Gasteiger partial charge >= 0.3 is 0 Å². The highest BCUT2D eigenvalue weighted by Crippen LogP contribution is 2.51. The van der Waals surface area contributed by atoms with Crippen LogP contribution in [0.15, 0.2) is 42.5 Å². The minimum atomic E-state index is 0. The summed E-state index contributed by atoms with van der Waals surface area (Å²) in [7, 11) is 0. The van der Waals surface area contributed by atoms with E-state index >= 15 is 0 Å². The number of nitrogens with zero attached hydrogens (tertiary/aromatic N) is 2. The highest BCUT2D eigenvalue weighted by molar-refractivity contribution is 6.06. The summed E-state index contributed by atoms with van der Waals surface area (Å²) >= 11 is 0. The number of allylic oxidation sites excluding steroid dienone is 1. The molecule has 0 N–H and O–H groups in total. The highest BCUT2D eigenvalue weighted by atomic mass is 127. The molecule has 0 radical (unpaired) electrons. The van der Waals surface area contributed by atoms with Gasteiger partial charge in [-0.15, -0.1) is 0 Å². The third-order valence-electron chi connectivity index (χ3n) is 9.18. The Bertz CT molecular complexity index is 1140.